The van der Waals surface area contributed by atoms with E-state index < -0.39 is 10.0 Å². The number of sulfonamides is 1. The van der Waals surface area contributed by atoms with Crippen molar-refractivity contribution in [2.75, 3.05) is 6.54 Å². The van der Waals surface area contributed by atoms with Crippen molar-refractivity contribution in [2.45, 2.75) is 25.2 Å². The Morgan fingerprint density at radius 3 is 2.63 bits per heavy atom. The van der Waals surface area contributed by atoms with Gasteiger partial charge in [0.1, 0.15) is 0 Å². The van der Waals surface area contributed by atoms with E-state index in [-0.39, 0.29) is 0 Å². The average Bonchev–Trinajstić information content (AvgIpc) is 2.81. The largest absolute Gasteiger partial charge is 0.240 e. The van der Waals surface area contributed by atoms with E-state index in [9.17, 15) is 8.42 Å². The number of rotatable bonds is 5. The zero-order valence-electron chi connectivity index (χ0n) is 11.0. The molecule has 0 unspecified atom stereocenters. The number of hydrogen-bond acceptors (Lipinski definition) is 3. The molecule has 3 nitrogen and oxygen atoms in total. The lowest BCUT2D eigenvalue weighted by Gasteiger charge is -2.09. The minimum atomic E-state index is -3.41. The van der Waals surface area contributed by atoms with Gasteiger partial charge in [-0.15, -0.1) is 11.3 Å². The van der Waals surface area contributed by atoms with Crippen molar-refractivity contribution < 1.29 is 8.42 Å². The highest BCUT2D eigenvalue weighted by Gasteiger charge is 2.15. The first-order valence-corrected chi connectivity index (χ1v) is 8.44. The zero-order valence-corrected chi connectivity index (χ0v) is 12.6. The van der Waals surface area contributed by atoms with Crippen LogP contribution in [0.2, 0.25) is 0 Å². The van der Waals surface area contributed by atoms with E-state index >= 15 is 0 Å². The van der Waals surface area contributed by atoms with Crippen molar-refractivity contribution in [3.8, 4) is 0 Å². The second kappa shape index (κ2) is 5.86. The van der Waals surface area contributed by atoms with Gasteiger partial charge in [-0.2, -0.15) is 0 Å². The molecule has 0 aliphatic heterocycles. The Morgan fingerprint density at radius 1 is 1.21 bits per heavy atom. The van der Waals surface area contributed by atoms with Crippen molar-refractivity contribution in [1.29, 1.82) is 0 Å². The van der Waals surface area contributed by atoms with Gasteiger partial charge in [0.25, 0.3) is 0 Å². The molecule has 19 heavy (non-hydrogen) atoms. The molecule has 1 aromatic carbocycles. The van der Waals surface area contributed by atoms with Gasteiger partial charge in [-0.1, -0.05) is 23.8 Å². The third kappa shape index (κ3) is 3.65. The van der Waals surface area contributed by atoms with E-state index in [1.165, 1.54) is 4.88 Å². The number of thiophene rings is 1. The minimum absolute atomic E-state index is 0.365. The van der Waals surface area contributed by atoms with Crippen LogP contribution in [0.1, 0.15) is 16.0 Å². The van der Waals surface area contributed by atoms with Gasteiger partial charge in [0.2, 0.25) is 10.0 Å². The Morgan fingerprint density at radius 2 is 2.00 bits per heavy atom. The van der Waals surface area contributed by atoms with Crippen molar-refractivity contribution in [3.05, 3.63) is 51.7 Å². The van der Waals surface area contributed by atoms with Crippen LogP contribution in [0.4, 0.5) is 0 Å². The monoisotopic (exact) mass is 295 g/mol. The summed E-state index contributed by atoms with van der Waals surface area (Å²) in [6.07, 6.45) is 0.724. The molecule has 0 aliphatic rings. The molecule has 2 rings (SSSR count). The van der Waals surface area contributed by atoms with Crippen molar-refractivity contribution in [3.63, 3.8) is 0 Å². The van der Waals surface area contributed by atoms with E-state index in [2.05, 4.69) is 4.72 Å². The van der Waals surface area contributed by atoms with Crippen LogP contribution >= 0.6 is 11.3 Å². The van der Waals surface area contributed by atoms with E-state index in [1.54, 1.807) is 17.4 Å². The van der Waals surface area contributed by atoms with Crippen molar-refractivity contribution >= 4 is 21.4 Å². The first-order chi connectivity index (χ1) is 8.99. The maximum Gasteiger partial charge on any atom is 0.240 e. The molecule has 1 heterocycles. The summed E-state index contributed by atoms with van der Waals surface area (Å²) < 4.78 is 27.0. The van der Waals surface area contributed by atoms with E-state index in [0.717, 1.165) is 17.5 Å². The summed E-state index contributed by atoms with van der Waals surface area (Å²) in [7, 11) is -3.41. The van der Waals surface area contributed by atoms with Crippen LogP contribution in [-0.4, -0.2) is 15.0 Å². The molecule has 102 valence electrons. The van der Waals surface area contributed by atoms with Crippen molar-refractivity contribution in [2.24, 2.45) is 0 Å². The van der Waals surface area contributed by atoms with Gasteiger partial charge >= 0.3 is 0 Å². The zero-order chi connectivity index (χ0) is 13.9. The third-order valence-electron chi connectivity index (χ3n) is 2.86. The third-order valence-corrected chi connectivity index (χ3v) is 5.42. The van der Waals surface area contributed by atoms with Crippen LogP contribution in [0.3, 0.4) is 0 Å². The van der Waals surface area contributed by atoms with E-state index in [4.69, 9.17) is 0 Å². The molecule has 1 aromatic heterocycles. The molecule has 5 heteroatoms. The second-order valence-electron chi connectivity index (χ2n) is 4.50. The Balaban J connectivity index is 2.05. The Bertz CT molecular complexity index is 646. The molecule has 0 radical (unpaired) electrons. The summed E-state index contributed by atoms with van der Waals surface area (Å²) in [5.41, 5.74) is 1.85. The van der Waals surface area contributed by atoms with Crippen LogP contribution in [0.5, 0.6) is 0 Å². The summed E-state index contributed by atoms with van der Waals surface area (Å²) in [5.74, 6) is 0. The fourth-order valence-electron chi connectivity index (χ4n) is 1.94. The lowest BCUT2D eigenvalue weighted by Crippen LogP contribution is -2.26. The number of benzene rings is 1. The predicted molar refractivity (Wildman–Crippen MR) is 79.1 cm³/mol. The molecule has 0 atom stereocenters. The molecule has 0 saturated carbocycles. The van der Waals surface area contributed by atoms with E-state index in [0.29, 0.717) is 11.4 Å². The standard InChI is InChI=1S/C14H17NO2S2/c1-11-5-6-14(12(2)10-11)19(16,17)15-8-7-13-4-3-9-18-13/h3-6,9-10,15H,7-8H2,1-2H3. The molecule has 1 N–H and O–H groups in total. The molecule has 0 spiro atoms. The Kier molecular flexibility index (Phi) is 4.39. The summed E-state index contributed by atoms with van der Waals surface area (Å²) in [6.45, 7) is 4.20. The molecular weight excluding hydrogens is 278 g/mol. The van der Waals surface area contributed by atoms with Crippen molar-refractivity contribution in [1.82, 2.24) is 4.72 Å². The first-order valence-electron chi connectivity index (χ1n) is 6.08. The van der Waals surface area contributed by atoms with Crippen LogP contribution in [0, 0.1) is 13.8 Å². The summed E-state index contributed by atoms with van der Waals surface area (Å²) in [5, 5.41) is 1.99. The lowest BCUT2D eigenvalue weighted by molar-refractivity contribution is 0.581. The molecule has 0 saturated heterocycles. The normalized spacial score (nSPS) is 11.7. The summed E-state index contributed by atoms with van der Waals surface area (Å²) in [4.78, 5) is 1.55. The molecule has 0 fully saturated rings. The van der Waals surface area contributed by atoms with Crippen LogP contribution < -0.4 is 4.72 Å². The Hall–Kier alpha value is -1.17. The van der Waals surface area contributed by atoms with Gasteiger partial charge in [0, 0.05) is 11.4 Å². The fraction of sp³-hybridized carbons (Fsp3) is 0.286. The van der Waals surface area contributed by atoms with Crippen LogP contribution in [0.15, 0.2) is 40.6 Å². The first kappa shape index (κ1) is 14.2. The van der Waals surface area contributed by atoms with Crippen LogP contribution in [-0.2, 0) is 16.4 Å². The van der Waals surface area contributed by atoms with Crippen LogP contribution in [0.25, 0.3) is 0 Å². The smallest absolute Gasteiger partial charge is 0.211 e. The maximum absolute atomic E-state index is 12.2. The summed E-state index contributed by atoms with van der Waals surface area (Å²) in [6, 6.07) is 9.35. The van der Waals surface area contributed by atoms with Gasteiger partial charge in [0.05, 0.1) is 4.90 Å². The quantitative estimate of drug-likeness (QED) is 0.922. The minimum Gasteiger partial charge on any atom is -0.211 e. The molecule has 0 bridgehead atoms. The SMILES string of the molecule is Cc1ccc(S(=O)(=O)NCCc2cccs2)c(C)c1. The molecular formula is C14H17NO2S2. The molecule has 0 amide bonds. The number of hydrogen-bond donors (Lipinski definition) is 1. The van der Waals surface area contributed by atoms with Gasteiger partial charge < -0.3 is 0 Å². The second-order valence-corrected chi connectivity index (χ2v) is 7.26. The highest BCUT2D eigenvalue weighted by Crippen LogP contribution is 2.16. The maximum atomic E-state index is 12.2. The van der Waals surface area contributed by atoms with E-state index in [1.807, 2.05) is 43.5 Å². The summed E-state index contributed by atoms with van der Waals surface area (Å²) >= 11 is 1.64. The topological polar surface area (TPSA) is 46.2 Å². The highest BCUT2D eigenvalue weighted by atomic mass is 32.2. The van der Waals surface area contributed by atoms with Gasteiger partial charge in [-0.25, -0.2) is 13.1 Å². The van der Waals surface area contributed by atoms with Gasteiger partial charge in [-0.3, -0.25) is 0 Å². The number of aryl methyl sites for hydroxylation is 2. The lowest BCUT2D eigenvalue weighted by atomic mass is 10.2. The molecule has 0 aliphatic carbocycles. The predicted octanol–water partition coefficient (Wildman–Crippen LogP) is 2.89. The highest BCUT2D eigenvalue weighted by molar-refractivity contribution is 7.89. The average molecular weight is 295 g/mol. The Labute approximate surface area is 118 Å². The number of nitrogens with one attached hydrogen (secondary N) is 1. The van der Waals surface area contributed by atoms with Gasteiger partial charge in [-0.05, 0) is 43.3 Å². The molecule has 2 aromatic rings. The fourth-order valence-corrected chi connectivity index (χ4v) is 3.91. The van der Waals surface area contributed by atoms with Gasteiger partial charge in [0.15, 0.2) is 0 Å².